The second-order valence-corrected chi connectivity index (χ2v) is 10.1. The Bertz CT molecular complexity index is 1240. The Labute approximate surface area is 187 Å². The van der Waals surface area contributed by atoms with Crippen molar-refractivity contribution < 1.29 is 14.3 Å². The third-order valence-corrected chi connectivity index (χ3v) is 7.86. The molecular weight excluding hydrogens is 436 g/mol. The summed E-state index contributed by atoms with van der Waals surface area (Å²) in [5.74, 6) is -0.328. The molecule has 0 fully saturated rings. The Kier molecular flexibility index (Phi) is 5.94. The summed E-state index contributed by atoms with van der Waals surface area (Å²) in [6.07, 6.45) is 2.83. The van der Waals surface area contributed by atoms with Gasteiger partial charge in [-0.2, -0.15) is 0 Å². The van der Waals surface area contributed by atoms with Crippen molar-refractivity contribution in [3.05, 3.63) is 36.8 Å². The van der Waals surface area contributed by atoms with Gasteiger partial charge in [0.25, 0.3) is 5.56 Å². The van der Waals surface area contributed by atoms with E-state index in [0.29, 0.717) is 26.7 Å². The Balaban J connectivity index is 1.60. The highest BCUT2D eigenvalue weighted by Crippen LogP contribution is 2.35. The van der Waals surface area contributed by atoms with Crippen LogP contribution in [0.2, 0.25) is 0 Å². The largest absolute Gasteiger partial charge is 0.462 e. The van der Waals surface area contributed by atoms with Gasteiger partial charge in [0.15, 0.2) is 4.83 Å². The molecule has 1 aliphatic carbocycles. The zero-order valence-electron chi connectivity index (χ0n) is 17.9. The van der Waals surface area contributed by atoms with E-state index in [0.717, 1.165) is 39.9 Å². The number of rotatable bonds is 5. The lowest BCUT2D eigenvalue weighted by atomic mass is 9.89. The van der Waals surface area contributed by atoms with E-state index in [1.807, 2.05) is 13.8 Å². The van der Waals surface area contributed by atoms with E-state index in [4.69, 9.17) is 4.74 Å². The summed E-state index contributed by atoms with van der Waals surface area (Å²) in [7, 11) is 0. The van der Waals surface area contributed by atoms with Gasteiger partial charge in [-0.1, -0.05) is 12.1 Å². The monoisotopic (exact) mass is 460 g/mol. The molecule has 0 spiro atoms. The van der Waals surface area contributed by atoms with E-state index in [1.165, 1.54) is 27.6 Å². The van der Waals surface area contributed by atoms with Gasteiger partial charge >= 0.3 is 5.97 Å². The first-order chi connectivity index (χ1) is 14.8. The van der Waals surface area contributed by atoms with Gasteiger partial charge in [-0.05, 0) is 57.1 Å². The number of fused-ring (bicyclic) bond motifs is 3. The Morgan fingerprint density at radius 3 is 2.81 bits per heavy atom. The summed E-state index contributed by atoms with van der Waals surface area (Å²) in [5.41, 5.74) is 1.89. The molecule has 1 N–H and O–H groups in total. The number of aryl methyl sites for hydroxylation is 2. The van der Waals surface area contributed by atoms with E-state index in [9.17, 15) is 14.4 Å². The highest BCUT2D eigenvalue weighted by atomic mass is 32.1. The molecule has 3 aromatic heterocycles. The molecule has 3 aromatic rings. The number of nitrogens with one attached hydrogen (secondary N) is 1. The third kappa shape index (κ3) is 4.01. The SMILES string of the molecule is CCOC(=O)c1c(NC(=O)Cn2nnc3sc4c(c3c2=O)CCC(C)C4)sc(C)c1C. The van der Waals surface area contributed by atoms with Crippen molar-refractivity contribution in [2.45, 2.75) is 53.5 Å². The predicted molar refractivity (Wildman–Crippen MR) is 121 cm³/mol. The normalized spacial score (nSPS) is 15.7. The molecule has 8 nitrogen and oxygen atoms in total. The molecule has 0 aliphatic heterocycles. The average Bonchev–Trinajstić information content (AvgIpc) is 3.21. The van der Waals surface area contributed by atoms with Crippen LogP contribution in [0.1, 0.15) is 51.5 Å². The first-order valence-corrected chi connectivity index (χ1v) is 11.9. The van der Waals surface area contributed by atoms with Crippen LogP contribution < -0.4 is 10.9 Å². The number of nitrogens with zero attached hydrogens (tertiary/aromatic N) is 3. The van der Waals surface area contributed by atoms with E-state index >= 15 is 0 Å². The van der Waals surface area contributed by atoms with Crippen LogP contribution in [0.4, 0.5) is 5.00 Å². The third-order valence-electron chi connectivity index (χ3n) is 5.60. The molecule has 1 unspecified atom stereocenters. The number of amides is 1. The number of esters is 1. The fraction of sp³-hybridized carbons (Fsp3) is 0.476. The molecule has 164 valence electrons. The number of aromatic nitrogens is 3. The van der Waals surface area contributed by atoms with E-state index in [2.05, 4.69) is 22.6 Å². The summed E-state index contributed by atoms with van der Waals surface area (Å²) in [6, 6.07) is 0. The summed E-state index contributed by atoms with van der Waals surface area (Å²) in [5, 5.41) is 11.9. The second-order valence-electron chi connectivity index (χ2n) is 7.84. The molecule has 31 heavy (non-hydrogen) atoms. The van der Waals surface area contributed by atoms with Crippen molar-refractivity contribution in [2.24, 2.45) is 5.92 Å². The first kappa shape index (κ1) is 21.6. The summed E-state index contributed by atoms with van der Waals surface area (Å²) < 4.78 is 6.22. The first-order valence-electron chi connectivity index (χ1n) is 10.2. The summed E-state index contributed by atoms with van der Waals surface area (Å²) in [4.78, 5) is 40.9. The fourth-order valence-electron chi connectivity index (χ4n) is 3.86. The van der Waals surface area contributed by atoms with Crippen molar-refractivity contribution in [1.82, 2.24) is 15.0 Å². The zero-order valence-corrected chi connectivity index (χ0v) is 19.5. The zero-order chi connectivity index (χ0) is 22.3. The van der Waals surface area contributed by atoms with Gasteiger partial charge in [0.2, 0.25) is 5.91 Å². The van der Waals surface area contributed by atoms with Crippen LogP contribution in [0.15, 0.2) is 4.79 Å². The maximum absolute atomic E-state index is 13.1. The fourth-order valence-corrected chi connectivity index (χ4v) is 6.24. The molecule has 0 aromatic carbocycles. The summed E-state index contributed by atoms with van der Waals surface area (Å²) in [6.45, 7) is 7.60. The molecule has 0 saturated carbocycles. The van der Waals surface area contributed by atoms with Crippen LogP contribution in [-0.4, -0.2) is 33.5 Å². The van der Waals surface area contributed by atoms with Crippen LogP contribution in [0.3, 0.4) is 0 Å². The van der Waals surface area contributed by atoms with Crippen LogP contribution in [0, 0.1) is 19.8 Å². The van der Waals surface area contributed by atoms with Gasteiger partial charge in [0, 0.05) is 9.75 Å². The minimum absolute atomic E-state index is 0.245. The van der Waals surface area contributed by atoms with Gasteiger partial charge in [-0.3, -0.25) is 9.59 Å². The van der Waals surface area contributed by atoms with Crippen LogP contribution >= 0.6 is 22.7 Å². The van der Waals surface area contributed by atoms with Crippen LogP contribution in [0.25, 0.3) is 10.2 Å². The number of thiophene rings is 2. The van der Waals surface area contributed by atoms with Crippen molar-refractivity contribution >= 4 is 49.8 Å². The lowest BCUT2D eigenvalue weighted by Gasteiger charge is -2.17. The van der Waals surface area contributed by atoms with Gasteiger partial charge < -0.3 is 10.1 Å². The lowest BCUT2D eigenvalue weighted by Crippen LogP contribution is -2.30. The van der Waals surface area contributed by atoms with Crippen LogP contribution in [0.5, 0.6) is 0 Å². The van der Waals surface area contributed by atoms with Gasteiger partial charge in [0.05, 0.1) is 17.6 Å². The van der Waals surface area contributed by atoms with Crippen LogP contribution in [-0.2, 0) is 28.9 Å². The molecule has 0 saturated heterocycles. The highest BCUT2D eigenvalue weighted by molar-refractivity contribution is 7.18. The van der Waals surface area contributed by atoms with E-state index in [1.54, 1.807) is 6.92 Å². The van der Waals surface area contributed by atoms with E-state index < -0.39 is 11.9 Å². The minimum Gasteiger partial charge on any atom is -0.462 e. The minimum atomic E-state index is -0.475. The van der Waals surface area contributed by atoms with Gasteiger partial charge in [-0.15, -0.1) is 27.8 Å². The number of carbonyl (C=O) groups excluding carboxylic acids is 2. The maximum atomic E-state index is 13.1. The van der Waals surface area contributed by atoms with Crippen molar-refractivity contribution in [3.63, 3.8) is 0 Å². The van der Waals surface area contributed by atoms with E-state index in [-0.39, 0.29) is 18.7 Å². The van der Waals surface area contributed by atoms with Gasteiger partial charge in [0.1, 0.15) is 11.5 Å². The number of anilines is 1. The molecule has 1 atom stereocenters. The van der Waals surface area contributed by atoms with Crippen molar-refractivity contribution in [2.75, 3.05) is 11.9 Å². The smallest absolute Gasteiger partial charge is 0.341 e. The van der Waals surface area contributed by atoms with Crippen molar-refractivity contribution in [1.29, 1.82) is 0 Å². The molecule has 0 radical (unpaired) electrons. The molecule has 0 bridgehead atoms. The Morgan fingerprint density at radius 1 is 1.29 bits per heavy atom. The van der Waals surface area contributed by atoms with Crippen molar-refractivity contribution in [3.8, 4) is 0 Å². The summed E-state index contributed by atoms with van der Waals surface area (Å²) >= 11 is 2.83. The molecule has 1 aliphatic rings. The molecular formula is C21H24N4O4S2. The predicted octanol–water partition coefficient (Wildman–Crippen LogP) is 3.47. The number of hydrogen-bond acceptors (Lipinski definition) is 8. The lowest BCUT2D eigenvalue weighted by molar-refractivity contribution is -0.117. The standard InChI is InChI=1S/C21H24N4O4S2/c1-5-29-21(28)16-11(3)12(4)30-18(16)22-15(26)9-25-20(27)17-13-7-6-10(2)8-14(13)31-19(17)23-24-25/h10H,5-9H2,1-4H3,(H,22,26). The number of hydrogen-bond donors (Lipinski definition) is 1. The molecule has 4 rings (SSSR count). The number of ether oxygens (including phenoxy) is 1. The molecule has 3 heterocycles. The average molecular weight is 461 g/mol. The Morgan fingerprint density at radius 2 is 2.06 bits per heavy atom. The topological polar surface area (TPSA) is 103 Å². The molecule has 1 amide bonds. The maximum Gasteiger partial charge on any atom is 0.341 e. The molecule has 10 heteroatoms. The van der Waals surface area contributed by atoms with Gasteiger partial charge in [-0.25, -0.2) is 9.48 Å². The highest BCUT2D eigenvalue weighted by Gasteiger charge is 2.25. The Hall–Kier alpha value is -2.59. The quantitative estimate of drug-likeness (QED) is 0.585. The number of carbonyl (C=O) groups is 2. The second kappa shape index (κ2) is 8.51.